The van der Waals surface area contributed by atoms with Gasteiger partial charge >= 0.3 is 0 Å². The van der Waals surface area contributed by atoms with Crippen molar-refractivity contribution >= 4 is 30.4 Å². The number of imidazole rings is 1. The summed E-state index contributed by atoms with van der Waals surface area (Å²) in [6.45, 7) is 4.70. The molecule has 2 unspecified atom stereocenters. The Balaban J connectivity index is 1.47. The van der Waals surface area contributed by atoms with Crippen molar-refractivity contribution in [2.75, 3.05) is 25.2 Å². The highest BCUT2D eigenvalue weighted by atomic mass is 31.2. The molecule has 2 atom stereocenters. The smallest absolute Gasteiger partial charge is 0.292 e. The van der Waals surface area contributed by atoms with Crippen LogP contribution < -0.4 is 16.1 Å². The molecule has 0 saturated carbocycles. The largest absolute Gasteiger partial charge is 0.382 e. The second kappa shape index (κ2) is 22.8. The van der Waals surface area contributed by atoms with Crippen molar-refractivity contribution in [2.24, 2.45) is 0 Å². The fourth-order valence-corrected chi connectivity index (χ4v) is 5.02. The summed E-state index contributed by atoms with van der Waals surface area (Å²) in [5.41, 5.74) is 6.87. The first-order chi connectivity index (χ1) is 21.8. The quantitative estimate of drug-likeness (QED) is 0.0637. The molecule has 2 aromatic rings. The number of amides is 1. The molecule has 1 amide bonds. The van der Waals surface area contributed by atoms with Crippen molar-refractivity contribution in [2.45, 2.75) is 77.9 Å². The number of hydrogen-bond donors (Lipinski definition) is 4. The molecule has 0 saturated heterocycles. The summed E-state index contributed by atoms with van der Waals surface area (Å²) in [7, 11) is -3.73. The zero-order chi connectivity index (χ0) is 32.6. The van der Waals surface area contributed by atoms with Gasteiger partial charge in [-0.2, -0.15) is 0 Å². The molecular weight excluding hydrogens is 589 g/mol. The second-order valence-corrected chi connectivity index (χ2v) is 12.3. The molecular formula is C33H50N7O4P. The van der Waals surface area contributed by atoms with Crippen molar-refractivity contribution in [3.05, 3.63) is 85.6 Å². The monoisotopic (exact) mass is 639 g/mol. The Labute approximate surface area is 267 Å². The Hall–Kier alpha value is -3.63. The predicted molar refractivity (Wildman–Crippen MR) is 183 cm³/mol. The van der Waals surface area contributed by atoms with Crippen LogP contribution in [-0.2, 0) is 20.6 Å². The number of aromatic nitrogens is 4. The number of nitrogens with zero attached hydrogens (tertiary/aromatic N) is 4. The van der Waals surface area contributed by atoms with Gasteiger partial charge in [0.2, 0.25) is 5.91 Å². The van der Waals surface area contributed by atoms with E-state index >= 15 is 0 Å². The Bertz CT molecular complexity index is 1360. The molecule has 2 rings (SSSR count). The molecule has 0 spiro atoms. The first-order valence-corrected chi connectivity index (χ1v) is 17.4. The molecule has 11 nitrogen and oxygen atoms in total. The van der Waals surface area contributed by atoms with Gasteiger partial charge in [0, 0.05) is 19.5 Å². The summed E-state index contributed by atoms with van der Waals surface area (Å²) in [4.78, 5) is 34.5. The third-order valence-electron chi connectivity index (χ3n) is 6.36. The van der Waals surface area contributed by atoms with E-state index in [1.165, 1.54) is 6.33 Å². The fourth-order valence-electron chi connectivity index (χ4n) is 4.01. The first-order valence-electron chi connectivity index (χ1n) is 15.6. The lowest BCUT2D eigenvalue weighted by Crippen LogP contribution is -2.31. The molecule has 2 aromatic heterocycles. The van der Waals surface area contributed by atoms with E-state index in [0.717, 1.165) is 38.5 Å². The van der Waals surface area contributed by atoms with Crippen molar-refractivity contribution in [1.29, 1.82) is 0 Å². The number of hydrogen-bond acceptors (Lipinski definition) is 7. The van der Waals surface area contributed by atoms with E-state index in [9.17, 15) is 14.3 Å². The summed E-state index contributed by atoms with van der Waals surface area (Å²) >= 11 is 0. The average Bonchev–Trinajstić information content (AvgIpc) is 3.43. The van der Waals surface area contributed by atoms with Crippen molar-refractivity contribution in [3.8, 4) is 0 Å². The van der Waals surface area contributed by atoms with Gasteiger partial charge in [-0.25, -0.2) is 20.0 Å². The molecule has 12 heteroatoms. The number of rotatable bonds is 23. The zero-order valence-corrected chi connectivity index (χ0v) is 27.5. The van der Waals surface area contributed by atoms with Crippen LogP contribution in [0.4, 0.5) is 5.82 Å². The van der Waals surface area contributed by atoms with Crippen LogP contribution in [0.25, 0.3) is 11.2 Å². The molecule has 246 valence electrons. The Kier molecular flexibility index (Phi) is 19.0. The fraction of sp³-hybridized carbons (Fsp3) is 0.455. The number of allylic oxidation sites excluding steroid dienone is 12. The van der Waals surface area contributed by atoms with E-state index in [2.05, 4.69) is 93.0 Å². The Morgan fingerprint density at radius 2 is 1.51 bits per heavy atom. The Morgan fingerprint density at radius 3 is 2.11 bits per heavy atom. The maximum atomic E-state index is 12.4. The molecule has 5 N–H and O–H groups in total. The van der Waals surface area contributed by atoms with Crippen LogP contribution in [-0.4, -0.2) is 55.9 Å². The number of nitrogens with two attached hydrogens (primary N) is 1. The number of anilines is 1. The molecule has 0 aliphatic heterocycles. The predicted octanol–water partition coefficient (Wildman–Crippen LogP) is 6.14. The highest BCUT2D eigenvalue weighted by Crippen LogP contribution is 2.35. The normalized spacial score (nSPS) is 14.7. The van der Waals surface area contributed by atoms with Crippen molar-refractivity contribution < 1.29 is 19.0 Å². The minimum atomic E-state index is -3.73. The van der Waals surface area contributed by atoms with Crippen LogP contribution in [0.5, 0.6) is 0 Å². The second-order valence-electron chi connectivity index (χ2n) is 10.3. The standard InChI is InChI=1S/C33H50N7O4P/c1-3-4-5-6-7-8-9-10-11-12-13-14-15-16-17-18-19-20-21-22-30(41)35-23-24-39-45(42,43)28-44-29(2)25-40-27-38-31-32(34)36-26-37-33(31)40/h4-5,7-8,10-11,13-14,16-17,19-20,26-27,29H,3,6,9,12,15,18,21-25,28H2,1-2H3,(H,35,41)(H2,34,36,37)(H2,39,42,43). The number of carbonyl (C=O) groups is 1. The van der Waals surface area contributed by atoms with Crippen LogP contribution >= 0.6 is 7.52 Å². The van der Waals surface area contributed by atoms with Crippen LogP contribution in [0, 0.1) is 0 Å². The number of ether oxygens (including phenoxy) is 1. The van der Waals surface area contributed by atoms with E-state index in [0.29, 0.717) is 30.6 Å². The molecule has 0 aliphatic carbocycles. The van der Waals surface area contributed by atoms with Gasteiger partial charge in [-0.3, -0.25) is 9.36 Å². The molecule has 0 bridgehead atoms. The van der Waals surface area contributed by atoms with E-state index in [4.69, 9.17) is 10.5 Å². The molecule has 0 radical (unpaired) electrons. The highest BCUT2D eigenvalue weighted by molar-refractivity contribution is 7.55. The maximum absolute atomic E-state index is 12.4. The van der Waals surface area contributed by atoms with E-state index in [-0.39, 0.29) is 37.3 Å². The van der Waals surface area contributed by atoms with Gasteiger partial charge in [0.1, 0.15) is 18.2 Å². The Morgan fingerprint density at radius 1 is 0.933 bits per heavy atom. The highest BCUT2D eigenvalue weighted by Gasteiger charge is 2.20. The molecule has 0 fully saturated rings. The van der Waals surface area contributed by atoms with E-state index < -0.39 is 7.52 Å². The topological polar surface area (TPSA) is 157 Å². The molecule has 0 aromatic carbocycles. The van der Waals surface area contributed by atoms with Crippen molar-refractivity contribution in [1.82, 2.24) is 29.9 Å². The number of fused-ring (bicyclic) bond motifs is 1. The first kappa shape index (κ1) is 37.6. The van der Waals surface area contributed by atoms with Gasteiger partial charge in [-0.1, -0.05) is 79.8 Å². The number of carbonyl (C=O) groups excluding carboxylic acids is 1. The summed E-state index contributed by atoms with van der Waals surface area (Å²) in [5.74, 6) is 0.183. The van der Waals surface area contributed by atoms with E-state index in [1.807, 2.05) is 12.2 Å². The van der Waals surface area contributed by atoms with Gasteiger partial charge in [-0.05, 0) is 51.9 Å². The number of nitrogen functional groups attached to an aromatic ring is 1. The van der Waals surface area contributed by atoms with Gasteiger partial charge in [0.15, 0.2) is 11.5 Å². The summed E-state index contributed by atoms with van der Waals surface area (Å²) in [5, 5.41) is 5.33. The third kappa shape index (κ3) is 17.4. The van der Waals surface area contributed by atoms with Crippen LogP contribution in [0.15, 0.2) is 85.6 Å². The van der Waals surface area contributed by atoms with E-state index in [1.54, 1.807) is 17.8 Å². The summed E-state index contributed by atoms with van der Waals surface area (Å²) in [6, 6.07) is 0. The molecule has 45 heavy (non-hydrogen) atoms. The number of nitrogens with one attached hydrogen (secondary N) is 2. The lowest BCUT2D eigenvalue weighted by molar-refractivity contribution is -0.120. The molecule has 2 heterocycles. The minimum Gasteiger partial charge on any atom is -0.382 e. The van der Waals surface area contributed by atoms with Crippen LogP contribution in [0.1, 0.15) is 65.2 Å². The van der Waals surface area contributed by atoms with Crippen LogP contribution in [0.3, 0.4) is 0 Å². The van der Waals surface area contributed by atoms with Gasteiger partial charge < -0.3 is 25.2 Å². The van der Waals surface area contributed by atoms with Gasteiger partial charge in [0.05, 0.1) is 19.0 Å². The van der Waals surface area contributed by atoms with Gasteiger partial charge in [-0.15, -0.1) is 0 Å². The van der Waals surface area contributed by atoms with Crippen LogP contribution in [0.2, 0.25) is 0 Å². The lowest BCUT2D eigenvalue weighted by atomic mass is 10.2. The summed E-state index contributed by atoms with van der Waals surface area (Å²) in [6.07, 6.45) is 34.7. The van der Waals surface area contributed by atoms with Gasteiger partial charge in [0.25, 0.3) is 7.52 Å². The third-order valence-corrected chi connectivity index (χ3v) is 7.57. The summed E-state index contributed by atoms with van der Waals surface area (Å²) < 4.78 is 19.7. The minimum absolute atomic E-state index is 0.106. The zero-order valence-electron chi connectivity index (χ0n) is 26.6. The van der Waals surface area contributed by atoms with Crippen molar-refractivity contribution in [3.63, 3.8) is 0 Å². The lowest BCUT2D eigenvalue weighted by Gasteiger charge is -2.18. The SMILES string of the molecule is CCC=CCC=CCC=CCC=CCC=CCC=CCCC(=O)NCCNP(=O)(O)COC(C)Cn1cnc2c(N)ncnc21. The maximum Gasteiger partial charge on any atom is 0.292 e. The molecule has 0 aliphatic rings. The average molecular weight is 640 g/mol.